The normalized spacial score (nSPS) is 10.6. The molecule has 116 valence electrons. The Morgan fingerprint density at radius 3 is 2.50 bits per heavy atom. The van der Waals surface area contributed by atoms with Gasteiger partial charge < -0.3 is 10.1 Å². The second-order valence-electron chi connectivity index (χ2n) is 5.50. The fraction of sp³-hybridized carbons (Fsp3) is 0.278. The van der Waals surface area contributed by atoms with Gasteiger partial charge in [0, 0.05) is 10.2 Å². The molecule has 0 saturated carbocycles. The Morgan fingerprint density at radius 2 is 1.91 bits per heavy atom. The highest BCUT2D eigenvalue weighted by Crippen LogP contribution is 2.32. The number of aryl methyl sites for hydroxylation is 1. The minimum atomic E-state index is -0.129. The lowest BCUT2D eigenvalue weighted by Gasteiger charge is -2.17. The molecule has 2 aromatic rings. The number of hydrogen-bond donors (Lipinski definition) is 1. The molecule has 1 N–H and O–H groups in total. The molecule has 2 rings (SSSR count). The van der Waals surface area contributed by atoms with Crippen LogP contribution >= 0.6 is 15.9 Å². The summed E-state index contributed by atoms with van der Waals surface area (Å²) in [6.45, 7) is 6.17. The first-order chi connectivity index (χ1) is 10.4. The van der Waals surface area contributed by atoms with Crippen LogP contribution in [-0.4, -0.2) is 13.0 Å². The summed E-state index contributed by atoms with van der Waals surface area (Å²) in [7, 11) is 1.67. The van der Waals surface area contributed by atoms with Crippen molar-refractivity contribution in [1.29, 1.82) is 0 Å². The molecule has 0 aliphatic carbocycles. The maximum atomic E-state index is 12.5. The van der Waals surface area contributed by atoms with Crippen molar-refractivity contribution in [2.24, 2.45) is 0 Å². The molecule has 0 unspecified atom stereocenters. The predicted molar refractivity (Wildman–Crippen MR) is 93.9 cm³/mol. The van der Waals surface area contributed by atoms with E-state index in [1.54, 1.807) is 13.2 Å². The first kappa shape index (κ1) is 16.6. The molecule has 0 heterocycles. The number of amides is 1. The van der Waals surface area contributed by atoms with E-state index in [4.69, 9.17) is 4.74 Å². The molecule has 0 radical (unpaired) electrons. The third-order valence-corrected chi connectivity index (χ3v) is 4.26. The molecule has 22 heavy (non-hydrogen) atoms. The standard InChI is InChI=1S/C18H20BrNO2/c1-11(2)14-10-16(12(3)9-17(14)22-4)20-18(21)13-7-5-6-8-15(13)19/h5-11H,1-4H3,(H,20,21). The van der Waals surface area contributed by atoms with Gasteiger partial charge in [0.05, 0.1) is 12.7 Å². The van der Waals surface area contributed by atoms with Crippen LogP contribution in [0.15, 0.2) is 40.9 Å². The maximum absolute atomic E-state index is 12.5. The van der Waals surface area contributed by atoms with E-state index in [0.29, 0.717) is 11.5 Å². The second kappa shape index (κ2) is 6.97. The fourth-order valence-electron chi connectivity index (χ4n) is 2.30. The second-order valence-corrected chi connectivity index (χ2v) is 6.35. The Morgan fingerprint density at radius 1 is 1.23 bits per heavy atom. The van der Waals surface area contributed by atoms with Crippen LogP contribution in [0.1, 0.15) is 41.3 Å². The predicted octanol–water partition coefficient (Wildman–Crippen LogP) is 5.14. The minimum Gasteiger partial charge on any atom is -0.496 e. The third kappa shape index (κ3) is 3.50. The molecule has 0 spiro atoms. The summed E-state index contributed by atoms with van der Waals surface area (Å²) >= 11 is 3.41. The fourth-order valence-corrected chi connectivity index (χ4v) is 2.76. The number of methoxy groups -OCH3 is 1. The zero-order valence-corrected chi connectivity index (χ0v) is 14.8. The molecule has 0 fully saturated rings. The van der Waals surface area contributed by atoms with E-state index >= 15 is 0 Å². The monoisotopic (exact) mass is 361 g/mol. The highest BCUT2D eigenvalue weighted by Gasteiger charge is 2.15. The molecular weight excluding hydrogens is 342 g/mol. The Bertz CT molecular complexity index is 695. The topological polar surface area (TPSA) is 38.3 Å². The van der Waals surface area contributed by atoms with Crippen LogP contribution in [0.4, 0.5) is 5.69 Å². The summed E-state index contributed by atoms with van der Waals surface area (Å²) < 4.78 is 6.21. The van der Waals surface area contributed by atoms with Gasteiger partial charge in [-0.3, -0.25) is 4.79 Å². The number of halogens is 1. The van der Waals surface area contributed by atoms with E-state index in [-0.39, 0.29) is 5.91 Å². The zero-order valence-electron chi connectivity index (χ0n) is 13.2. The van der Waals surface area contributed by atoms with Crippen molar-refractivity contribution in [1.82, 2.24) is 0 Å². The molecule has 0 aliphatic rings. The lowest BCUT2D eigenvalue weighted by atomic mass is 9.99. The van der Waals surface area contributed by atoms with Gasteiger partial charge >= 0.3 is 0 Å². The number of benzene rings is 2. The van der Waals surface area contributed by atoms with Gasteiger partial charge in [0.25, 0.3) is 5.91 Å². The largest absolute Gasteiger partial charge is 0.496 e. The van der Waals surface area contributed by atoms with Crippen LogP contribution in [-0.2, 0) is 0 Å². The average Bonchev–Trinajstić information content (AvgIpc) is 2.48. The van der Waals surface area contributed by atoms with E-state index < -0.39 is 0 Å². The molecular formula is C18H20BrNO2. The van der Waals surface area contributed by atoms with Crippen molar-refractivity contribution in [2.75, 3.05) is 12.4 Å². The highest BCUT2D eigenvalue weighted by atomic mass is 79.9. The molecule has 4 heteroatoms. The molecule has 0 atom stereocenters. The Hall–Kier alpha value is -1.81. The van der Waals surface area contributed by atoms with Crippen LogP contribution < -0.4 is 10.1 Å². The van der Waals surface area contributed by atoms with Gasteiger partial charge in [-0.05, 0) is 64.2 Å². The van der Waals surface area contributed by atoms with Gasteiger partial charge in [-0.2, -0.15) is 0 Å². The van der Waals surface area contributed by atoms with Crippen molar-refractivity contribution in [3.05, 3.63) is 57.6 Å². The van der Waals surface area contributed by atoms with Gasteiger partial charge in [-0.15, -0.1) is 0 Å². The first-order valence-electron chi connectivity index (χ1n) is 7.18. The number of rotatable bonds is 4. The zero-order chi connectivity index (χ0) is 16.3. The van der Waals surface area contributed by atoms with Gasteiger partial charge in [0.2, 0.25) is 0 Å². The molecule has 0 bridgehead atoms. The molecule has 0 aliphatic heterocycles. The first-order valence-corrected chi connectivity index (χ1v) is 7.97. The van der Waals surface area contributed by atoms with Crippen LogP contribution in [0.2, 0.25) is 0 Å². The van der Waals surface area contributed by atoms with E-state index in [1.165, 1.54) is 0 Å². The third-order valence-electron chi connectivity index (χ3n) is 3.57. The van der Waals surface area contributed by atoms with Crippen molar-refractivity contribution in [3.8, 4) is 5.75 Å². The van der Waals surface area contributed by atoms with Crippen molar-refractivity contribution >= 4 is 27.5 Å². The van der Waals surface area contributed by atoms with E-state index in [1.807, 2.05) is 37.3 Å². The molecule has 3 nitrogen and oxygen atoms in total. The summed E-state index contributed by atoms with van der Waals surface area (Å²) in [5.74, 6) is 1.04. The average molecular weight is 362 g/mol. The SMILES string of the molecule is COc1cc(C)c(NC(=O)c2ccccc2Br)cc1C(C)C. The molecule has 1 amide bonds. The Kier molecular flexibility index (Phi) is 5.24. The van der Waals surface area contributed by atoms with E-state index in [0.717, 1.165) is 27.0 Å². The number of nitrogens with one attached hydrogen (secondary N) is 1. The van der Waals surface area contributed by atoms with E-state index in [2.05, 4.69) is 35.1 Å². The Labute approximate surface area is 139 Å². The summed E-state index contributed by atoms with van der Waals surface area (Å²) in [4.78, 5) is 12.5. The summed E-state index contributed by atoms with van der Waals surface area (Å²) in [5.41, 5.74) is 3.48. The van der Waals surface area contributed by atoms with Crippen LogP contribution in [0.5, 0.6) is 5.75 Å². The molecule has 0 aromatic heterocycles. The number of hydrogen-bond acceptors (Lipinski definition) is 2. The quantitative estimate of drug-likeness (QED) is 0.818. The van der Waals surface area contributed by atoms with Crippen LogP contribution in [0.25, 0.3) is 0 Å². The van der Waals surface area contributed by atoms with Crippen molar-refractivity contribution < 1.29 is 9.53 Å². The van der Waals surface area contributed by atoms with Crippen molar-refractivity contribution in [2.45, 2.75) is 26.7 Å². The Balaban J connectivity index is 2.35. The lowest BCUT2D eigenvalue weighted by Crippen LogP contribution is -2.14. The lowest BCUT2D eigenvalue weighted by molar-refractivity contribution is 0.102. The molecule has 0 saturated heterocycles. The number of carbonyl (C=O) groups excluding carboxylic acids is 1. The summed E-state index contributed by atoms with van der Waals surface area (Å²) in [6.07, 6.45) is 0. The van der Waals surface area contributed by atoms with Crippen LogP contribution in [0, 0.1) is 6.92 Å². The van der Waals surface area contributed by atoms with Gasteiger partial charge in [0.15, 0.2) is 0 Å². The molecule has 2 aromatic carbocycles. The summed E-state index contributed by atoms with van der Waals surface area (Å²) in [6, 6.07) is 11.3. The highest BCUT2D eigenvalue weighted by molar-refractivity contribution is 9.10. The maximum Gasteiger partial charge on any atom is 0.256 e. The van der Waals surface area contributed by atoms with Gasteiger partial charge in [0.1, 0.15) is 5.75 Å². The smallest absolute Gasteiger partial charge is 0.256 e. The number of carbonyl (C=O) groups is 1. The van der Waals surface area contributed by atoms with Crippen molar-refractivity contribution in [3.63, 3.8) is 0 Å². The van der Waals surface area contributed by atoms with Crippen LogP contribution in [0.3, 0.4) is 0 Å². The number of ether oxygens (including phenoxy) is 1. The van der Waals surface area contributed by atoms with Gasteiger partial charge in [-0.1, -0.05) is 26.0 Å². The number of anilines is 1. The minimum absolute atomic E-state index is 0.129. The summed E-state index contributed by atoms with van der Waals surface area (Å²) in [5, 5.41) is 2.99. The van der Waals surface area contributed by atoms with E-state index in [9.17, 15) is 4.79 Å². The van der Waals surface area contributed by atoms with Gasteiger partial charge in [-0.25, -0.2) is 0 Å².